The van der Waals surface area contributed by atoms with Crippen LogP contribution in [-0.4, -0.2) is 26.4 Å². The maximum Gasteiger partial charge on any atom is 0.303 e. The topological polar surface area (TPSA) is 83.7 Å². The molecule has 6 heteroatoms. The summed E-state index contributed by atoms with van der Waals surface area (Å²) in [6.07, 6.45) is 1.69. The highest BCUT2D eigenvalue weighted by Crippen LogP contribution is 2.08. The predicted octanol–water partition coefficient (Wildman–Crippen LogP) is 1.12. The van der Waals surface area contributed by atoms with Crippen LogP contribution >= 0.6 is 0 Å². The number of imidazole rings is 1. The van der Waals surface area contributed by atoms with Crippen molar-refractivity contribution in [1.82, 2.24) is 14.7 Å². The van der Waals surface area contributed by atoms with Crippen molar-refractivity contribution in [3.63, 3.8) is 0 Å². The fourth-order valence-electron chi connectivity index (χ4n) is 1.78. The third-order valence-electron chi connectivity index (χ3n) is 2.78. The summed E-state index contributed by atoms with van der Waals surface area (Å²) in [5.41, 5.74) is 2.64. The summed E-state index contributed by atoms with van der Waals surface area (Å²) < 4.78 is 1.94. The zero-order chi connectivity index (χ0) is 13.8. The molecule has 0 fully saturated rings. The van der Waals surface area contributed by atoms with E-state index < -0.39 is 5.97 Å². The number of carboxylic acids is 1. The van der Waals surface area contributed by atoms with Gasteiger partial charge in [0, 0.05) is 18.3 Å². The summed E-state index contributed by atoms with van der Waals surface area (Å²) >= 11 is 0. The van der Waals surface area contributed by atoms with Crippen LogP contribution in [0.4, 0.5) is 0 Å². The van der Waals surface area contributed by atoms with Gasteiger partial charge in [-0.2, -0.15) is 0 Å². The maximum absolute atomic E-state index is 11.4. The van der Waals surface area contributed by atoms with Gasteiger partial charge in [-0.15, -0.1) is 0 Å². The van der Waals surface area contributed by atoms with Crippen LogP contribution in [0.5, 0.6) is 0 Å². The third kappa shape index (κ3) is 3.31. The van der Waals surface area contributed by atoms with Crippen molar-refractivity contribution < 1.29 is 14.7 Å². The molecule has 100 valence electrons. The summed E-state index contributed by atoms with van der Waals surface area (Å²) in [6.45, 7) is 2.28. The molecule has 0 atom stereocenters. The molecular weight excluding hydrogens is 246 g/mol. The molecule has 2 rings (SSSR count). The number of aliphatic carboxylic acids is 1. The van der Waals surface area contributed by atoms with Crippen LogP contribution in [0.1, 0.15) is 24.2 Å². The molecule has 0 unspecified atom stereocenters. The Morgan fingerprint density at radius 2 is 2.16 bits per heavy atom. The first kappa shape index (κ1) is 13.1. The van der Waals surface area contributed by atoms with Crippen molar-refractivity contribution in [2.75, 3.05) is 0 Å². The first-order valence-corrected chi connectivity index (χ1v) is 5.98. The van der Waals surface area contributed by atoms with Gasteiger partial charge < -0.3 is 14.8 Å². The number of fused-ring (bicyclic) bond motifs is 1. The van der Waals surface area contributed by atoms with E-state index in [9.17, 15) is 9.59 Å². The number of hydrogen-bond acceptors (Lipinski definition) is 3. The molecule has 2 N–H and O–H groups in total. The van der Waals surface area contributed by atoms with E-state index >= 15 is 0 Å². The average molecular weight is 261 g/mol. The minimum Gasteiger partial charge on any atom is -0.481 e. The number of aryl methyl sites for hydroxylation is 1. The van der Waals surface area contributed by atoms with Gasteiger partial charge in [0.2, 0.25) is 5.91 Å². The van der Waals surface area contributed by atoms with E-state index in [1.54, 1.807) is 0 Å². The van der Waals surface area contributed by atoms with E-state index in [0.29, 0.717) is 6.54 Å². The molecule has 0 aliphatic carbocycles. The molecule has 0 saturated carbocycles. The van der Waals surface area contributed by atoms with Gasteiger partial charge in [-0.25, -0.2) is 4.98 Å². The number of carbonyl (C=O) groups excluding carboxylic acids is 1. The van der Waals surface area contributed by atoms with Crippen molar-refractivity contribution in [1.29, 1.82) is 0 Å². The Bertz CT molecular complexity index is 619. The summed E-state index contributed by atoms with van der Waals surface area (Å²) in [5, 5.41) is 11.1. The lowest BCUT2D eigenvalue weighted by atomic mass is 10.3. The van der Waals surface area contributed by atoms with E-state index in [0.717, 1.165) is 17.0 Å². The van der Waals surface area contributed by atoms with Gasteiger partial charge in [0.05, 0.1) is 18.7 Å². The first-order chi connectivity index (χ1) is 9.06. The quantitative estimate of drug-likeness (QED) is 0.845. The molecule has 0 aromatic carbocycles. The van der Waals surface area contributed by atoms with Gasteiger partial charge in [0.25, 0.3) is 0 Å². The Kier molecular flexibility index (Phi) is 3.79. The maximum atomic E-state index is 11.4. The van der Waals surface area contributed by atoms with Crippen LogP contribution in [0.2, 0.25) is 0 Å². The van der Waals surface area contributed by atoms with Crippen LogP contribution in [-0.2, 0) is 16.1 Å². The van der Waals surface area contributed by atoms with Gasteiger partial charge in [-0.3, -0.25) is 9.59 Å². The lowest BCUT2D eigenvalue weighted by Gasteiger charge is -2.00. The lowest BCUT2D eigenvalue weighted by Crippen LogP contribution is -2.23. The van der Waals surface area contributed by atoms with E-state index in [2.05, 4.69) is 10.3 Å². The highest BCUT2D eigenvalue weighted by atomic mass is 16.4. The van der Waals surface area contributed by atoms with Gasteiger partial charge in [-0.1, -0.05) is 6.07 Å². The van der Waals surface area contributed by atoms with Crippen LogP contribution in [0.25, 0.3) is 5.65 Å². The molecule has 0 aliphatic heterocycles. The molecular formula is C13H15N3O3. The Morgan fingerprint density at radius 3 is 2.84 bits per heavy atom. The summed E-state index contributed by atoms with van der Waals surface area (Å²) in [4.78, 5) is 26.1. The van der Waals surface area contributed by atoms with Gasteiger partial charge in [0.15, 0.2) is 0 Å². The minimum atomic E-state index is -0.974. The number of pyridine rings is 1. The third-order valence-corrected chi connectivity index (χ3v) is 2.78. The number of nitrogens with one attached hydrogen (secondary N) is 1. The smallest absolute Gasteiger partial charge is 0.303 e. The van der Waals surface area contributed by atoms with E-state index in [-0.39, 0.29) is 18.7 Å². The van der Waals surface area contributed by atoms with E-state index in [1.165, 1.54) is 0 Å². The summed E-state index contributed by atoms with van der Waals surface area (Å²) in [5.74, 6) is -1.25. The molecule has 2 heterocycles. The molecule has 19 heavy (non-hydrogen) atoms. The van der Waals surface area contributed by atoms with Crippen molar-refractivity contribution in [2.24, 2.45) is 0 Å². The molecule has 0 spiro atoms. The molecule has 6 nitrogen and oxygen atoms in total. The fraction of sp³-hybridized carbons (Fsp3) is 0.308. The van der Waals surface area contributed by atoms with Crippen LogP contribution in [0.15, 0.2) is 24.4 Å². The van der Waals surface area contributed by atoms with Crippen LogP contribution in [0.3, 0.4) is 0 Å². The minimum absolute atomic E-state index is 0.0122. The zero-order valence-corrected chi connectivity index (χ0v) is 10.6. The van der Waals surface area contributed by atoms with Crippen molar-refractivity contribution in [3.05, 3.63) is 35.8 Å². The second kappa shape index (κ2) is 5.51. The van der Waals surface area contributed by atoms with Crippen molar-refractivity contribution in [3.8, 4) is 0 Å². The SMILES string of the molecule is Cc1cccc2nc(CNC(=O)CCC(=O)O)cn12. The van der Waals surface area contributed by atoms with E-state index in [4.69, 9.17) is 5.11 Å². The second-order valence-corrected chi connectivity index (χ2v) is 4.30. The number of aromatic nitrogens is 2. The van der Waals surface area contributed by atoms with Gasteiger partial charge >= 0.3 is 5.97 Å². The normalized spacial score (nSPS) is 10.6. The molecule has 0 radical (unpaired) electrons. The van der Waals surface area contributed by atoms with E-state index in [1.807, 2.05) is 35.7 Å². The molecule has 0 bridgehead atoms. The Labute approximate surface area is 110 Å². The monoisotopic (exact) mass is 261 g/mol. The molecule has 0 saturated heterocycles. The summed E-state index contributed by atoms with van der Waals surface area (Å²) in [7, 11) is 0. The van der Waals surface area contributed by atoms with Crippen LogP contribution in [0, 0.1) is 6.92 Å². The molecule has 2 aromatic rings. The van der Waals surface area contributed by atoms with Crippen LogP contribution < -0.4 is 5.32 Å². The van der Waals surface area contributed by atoms with Gasteiger partial charge in [-0.05, 0) is 19.1 Å². The average Bonchev–Trinajstić information content (AvgIpc) is 2.78. The van der Waals surface area contributed by atoms with Gasteiger partial charge in [0.1, 0.15) is 5.65 Å². The molecule has 2 aromatic heterocycles. The zero-order valence-electron chi connectivity index (χ0n) is 10.6. The Morgan fingerprint density at radius 1 is 1.37 bits per heavy atom. The number of nitrogens with zero attached hydrogens (tertiary/aromatic N) is 2. The fourth-order valence-corrected chi connectivity index (χ4v) is 1.78. The molecule has 1 amide bonds. The first-order valence-electron chi connectivity index (χ1n) is 5.98. The number of carbonyl (C=O) groups is 2. The van der Waals surface area contributed by atoms with Crippen molar-refractivity contribution >= 4 is 17.5 Å². The Balaban J connectivity index is 1.96. The Hall–Kier alpha value is -2.37. The van der Waals surface area contributed by atoms with Crippen molar-refractivity contribution in [2.45, 2.75) is 26.3 Å². The number of hydrogen-bond donors (Lipinski definition) is 2. The number of rotatable bonds is 5. The number of amides is 1. The lowest BCUT2D eigenvalue weighted by molar-refractivity contribution is -0.138. The highest BCUT2D eigenvalue weighted by Gasteiger charge is 2.07. The number of carboxylic acid groups (broad SMARTS) is 1. The summed E-state index contributed by atoms with van der Waals surface area (Å²) in [6, 6.07) is 5.79. The second-order valence-electron chi connectivity index (χ2n) is 4.30. The standard InChI is InChI=1S/C13H15N3O3/c1-9-3-2-4-11-15-10(8-16(9)11)7-14-12(17)5-6-13(18)19/h2-4,8H,5-7H2,1H3,(H,14,17)(H,18,19). The highest BCUT2D eigenvalue weighted by molar-refractivity contribution is 5.80. The largest absolute Gasteiger partial charge is 0.481 e. The molecule has 0 aliphatic rings. The predicted molar refractivity (Wildman–Crippen MR) is 68.6 cm³/mol.